The first kappa shape index (κ1) is 16.0. The molecule has 1 atom stereocenters. The minimum Gasteiger partial charge on any atom is -0.351 e. The Bertz CT molecular complexity index is 692. The zero-order chi connectivity index (χ0) is 16.2. The van der Waals surface area contributed by atoms with E-state index in [9.17, 15) is 0 Å². The highest BCUT2D eigenvalue weighted by Crippen LogP contribution is 2.29. The number of likely N-dealkylation sites (tertiary alicyclic amines) is 1. The molecule has 0 aliphatic carbocycles. The van der Waals surface area contributed by atoms with Crippen LogP contribution in [0.15, 0.2) is 34.8 Å². The molecule has 5 heteroatoms. The van der Waals surface area contributed by atoms with Crippen molar-refractivity contribution in [1.29, 1.82) is 0 Å². The fourth-order valence-corrected chi connectivity index (χ4v) is 3.96. The number of nitrogens with zero attached hydrogens (tertiary/aromatic N) is 3. The van der Waals surface area contributed by atoms with Crippen LogP contribution in [0.4, 0.5) is 0 Å². The monoisotopic (exact) mass is 328 g/mol. The fourth-order valence-electron chi connectivity index (χ4n) is 3.24. The molecule has 1 saturated heterocycles. The molecule has 3 rings (SSSR count). The van der Waals surface area contributed by atoms with E-state index in [4.69, 9.17) is 0 Å². The lowest BCUT2D eigenvalue weighted by Crippen LogP contribution is -2.39. The fraction of sp³-hybridized carbons (Fsp3) is 0.444. The number of thiazole rings is 1. The van der Waals surface area contributed by atoms with Crippen LogP contribution in [0.3, 0.4) is 0 Å². The number of nitrogens with one attached hydrogen (secondary N) is 1. The third kappa shape index (κ3) is 3.55. The van der Waals surface area contributed by atoms with Crippen molar-refractivity contribution < 1.29 is 0 Å². The van der Waals surface area contributed by atoms with E-state index in [0.717, 1.165) is 31.3 Å². The van der Waals surface area contributed by atoms with Gasteiger partial charge in [-0.05, 0) is 31.4 Å². The Morgan fingerprint density at radius 1 is 1.39 bits per heavy atom. The van der Waals surface area contributed by atoms with Crippen LogP contribution in [0.1, 0.15) is 34.0 Å². The highest BCUT2D eigenvalue weighted by atomic mass is 32.1. The zero-order valence-corrected chi connectivity index (χ0v) is 14.9. The second kappa shape index (κ2) is 7.13. The van der Waals surface area contributed by atoms with Crippen molar-refractivity contribution in [2.75, 3.05) is 20.1 Å². The molecule has 0 saturated carbocycles. The summed E-state index contributed by atoms with van der Waals surface area (Å²) in [7, 11) is 1.86. The second-order valence-corrected chi connectivity index (χ2v) is 6.99. The SMILES string of the molecule is CN=C(NCc1scnc1C)N1CCC(c2ccccc2C)C1. The maximum atomic E-state index is 4.47. The Labute approximate surface area is 142 Å². The summed E-state index contributed by atoms with van der Waals surface area (Å²) in [6, 6.07) is 8.73. The molecule has 1 aromatic carbocycles. The Kier molecular flexibility index (Phi) is 4.96. The van der Waals surface area contributed by atoms with Crippen LogP contribution in [0, 0.1) is 13.8 Å². The lowest BCUT2D eigenvalue weighted by atomic mass is 9.94. The standard InChI is InChI=1S/C18H24N4S/c1-13-6-4-5-7-16(13)15-8-9-22(11-15)18(19-3)20-10-17-14(2)21-12-23-17/h4-7,12,15H,8-11H2,1-3H3,(H,19,20). The van der Waals surface area contributed by atoms with Gasteiger partial charge in [0.25, 0.3) is 0 Å². The number of aliphatic imine (C=N–C) groups is 1. The summed E-state index contributed by atoms with van der Waals surface area (Å²) in [5, 5.41) is 3.49. The molecule has 1 unspecified atom stereocenters. The first-order valence-corrected chi connectivity index (χ1v) is 8.97. The van der Waals surface area contributed by atoms with Gasteiger partial charge in [-0.3, -0.25) is 4.99 Å². The van der Waals surface area contributed by atoms with Crippen LogP contribution >= 0.6 is 11.3 Å². The molecule has 1 aliphatic rings. The van der Waals surface area contributed by atoms with E-state index < -0.39 is 0 Å². The van der Waals surface area contributed by atoms with E-state index in [1.165, 1.54) is 22.4 Å². The molecule has 0 spiro atoms. The topological polar surface area (TPSA) is 40.5 Å². The predicted molar refractivity (Wildman–Crippen MR) is 97.2 cm³/mol. The normalized spacial score (nSPS) is 18.5. The molecule has 0 radical (unpaired) electrons. The quantitative estimate of drug-likeness (QED) is 0.694. The summed E-state index contributed by atoms with van der Waals surface area (Å²) in [6.07, 6.45) is 1.19. The van der Waals surface area contributed by atoms with Gasteiger partial charge < -0.3 is 10.2 Å². The molecule has 1 N–H and O–H groups in total. The smallest absolute Gasteiger partial charge is 0.193 e. The van der Waals surface area contributed by atoms with Gasteiger partial charge >= 0.3 is 0 Å². The molecule has 4 nitrogen and oxygen atoms in total. The lowest BCUT2D eigenvalue weighted by molar-refractivity contribution is 0.486. The average molecular weight is 328 g/mol. The van der Waals surface area contributed by atoms with Crippen molar-refractivity contribution in [3.63, 3.8) is 0 Å². The van der Waals surface area contributed by atoms with E-state index in [1.807, 2.05) is 12.6 Å². The largest absolute Gasteiger partial charge is 0.351 e. The van der Waals surface area contributed by atoms with Crippen molar-refractivity contribution >= 4 is 17.3 Å². The highest BCUT2D eigenvalue weighted by molar-refractivity contribution is 7.09. The summed E-state index contributed by atoms with van der Waals surface area (Å²) in [5.41, 5.74) is 5.88. The first-order valence-electron chi connectivity index (χ1n) is 8.09. The Morgan fingerprint density at radius 3 is 2.91 bits per heavy atom. The van der Waals surface area contributed by atoms with E-state index in [0.29, 0.717) is 5.92 Å². The number of guanidine groups is 1. The maximum Gasteiger partial charge on any atom is 0.193 e. The highest BCUT2D eigenvalue weighted by Gasteiger charge is 2.26. The molecule has 23 heavy (non-hydrogen) atoms. The summed E-state index contributed by atoms with van der Waals surface area (Å²) in [5.74, 6) is 1.59. The number of benzene rings is 1. The van der Waals surface area contributed by atoms with Crippen molar-refractivity contribution in [2.45, 2.75) is 32.7 Å². The van der Waals surface area contributed by atoms with Crippen molar-refractivity contribution in [3.8, 4) is 0 Å². The van der Waals surface area contributed by atoms with Crippen LogP contribution in [0.25, 0.3) is 0 Å². The van der Waals surface area contributed by atoms with E-state index in [-0.39, 0.29) is 0 Å². The van der Waals surface area contributed by atoms with Gasteiger partial charge in [-0.1, -0.05) is 24.3 Å². The third-order valence-electron chi connectivity index (χ3n) is 4.58. The molecule has 0 bridgehead atoms. The number of hydrogen-bond acceptors (Lipinski definition) is 3. The van der Waals surface area contributed by atoms with Crippen LogP contribution < -0.4 is 5.32 Å². The van der Waals surface area contributed by atoms with Gasteiger partial charge in [0.05, 0.1) is 17.7 Å². The molecule has 122 valence electrons. The molecule has 1 aliphatic heterocycles. The van der Waals surface area contributed by atoms with Gasteiger partial charge in [0.1, 0.15) is 0 Å². The Hall–Kier alpha value is -1.88. The molecule has 1 fully saturated rings. The zero-order valence-electron chi connectivity index (χ0n) is 14.0. The van der Waals surface area contributed by atoms with Crippen molar-refractivity contribution in [1.82, 2.24) is 15.2 Å². The number of aryl methyl sites for hydroxylation is 2. The van der Waals surface area contributed by atoms with Crippen LogP contribution in [-0.2, 0) is 6.54 Å². The number of rotatable bonds is 3. The van der Waals surface area contributed by atoms with Crippen LogP contribution in [0.2, 0.25) is 0 Å². The van der Waals surface area contributed by atoms with Gasteiger partial charge in [-0.2, -0.15) is 0 Å². The van der Waals surface area contributed by atoms with E-state index in [1.54, 1.807) is 11.3 Å². The molecule has 2 heterocycles. The first-order chi connectivity index (χ1) is 11.2. The van der Waals surface area contributed by atoms with Gasteiger partial charge in [0.2, 0.25) is 0 Å². The molecule has 0 amide bonds. The van der Waals surface area contributed by atoms with Gasteiger partial charge in [-0.15, -0.1) is 11.3 Å². The second-order valence-electron chi connectivity index (χ2n) is 6.05. The third-order valence-corrected chi connectivity index (χ3v) is 5.51. The molecule has 1 aromatic heterocycles. The summed E-state index contributed by atoms with van der Waals surface area (Å²) >= 11 is 1.70. The predicted octanol–water partition coefficient (Wildman–Crippen LogP) is 3.32. The minimum absolute atomic E-state index is 0.597. The minimum atomic E-state index is 0.597. The summed E-state index contributed by atoms with van der Waals surface area (Å²) in [4.78, 5) is 12.4. The van der Waals surface area contributed by atoms with Gasteiger partial charge in [0.15, 0.2) is 5.96 Å². The average Bonchev–Trinajstić information content (AvgIpc) is 3.18. The van der Waals surface area contributed by atoms with E-state index >= 15 is 0 Å². The Balaban J connectivity index is 1.63. The summed E-state index contributed by atoms with van der Waals surface area (Å²) in [6.45, 7) is 7.15. The maximum absolute atomic E-state index is 4.47. The number of aromatic nitrogens is 1. The van der Waals surface area contributed by atoms with Gasteiger partial charge in [0, 0.05) is 30.9 Å². The lowest BCUT2D eigenvalue weighted by Gasteiger charge is -2.22. The molecular weight excluding hydrogens is 304 g/mol. The number of hydrogen-bond donors (Lipinski definition) is 1. The summed E-state index contributed by atoms with van der Waals surface area (Å²) < 4.78 is 0. The van der Waals surface area contributed by atoms with Crippen LogP contribution in [0.5, 0.6) is 0 Å². The Morgan fingerprint density at radius 2 is 2.22 bits per heavy atom. The van der Waals surface area contributed by atoms with Crippen molar-refractivity contribution in [3.05, 3.63) is 51.5 Å². The molecular formula is C18H24N4S. The van der Waals surface area contributed by atoms with Crippen molar-refractivity contribution in [2.24, 2.45) is 4.99 Å². The van der Waals surface area contributed by atoms with Gasteiger partial charge in [-0.25, -0.2) is 4.98 Å². The van der Waals surface area contributed by atoms with E-state index in [2.05, 4.69) is 58.3 Å². The van der Waals surface area contributed by atoms with Crippen LogP contribution in [-0.4, -0.2) is 36.0 Å². The molecule has 2 aromatic rings.